The van der Waals surface area contributed by atoms with Crippen LogP contribution < -0.4 is 24.4 Å². The molecule has 204 valence electrons. The van der Waals surface area contributed by atoms with Gasteiger partial charge in [-0.25, -0.2) is 9.79 Å². The molecule has 0 unspecified atom stereocenters. The number of allylic oxidation sites excluding steroid dienone is 1. The minimum Gasteiger partial charge on any atom is -0.463 e. The van der Waals surface area contributed by atoms with Gasteiger partial charge in [-0.1, -0.05) is 35.1 Å². The molecule has 10 heteroatoms. The van der Waals surface area contributed by atoms with Gasteiger partial charge in [-0.15, -0.1) is 0 Å². The molecule has 0 radical (unpaired) electrons. The van der Waals surface area contributed by atoms with E-state index in [1.54, 1.807) is 30.5 Å². The zero-order valence-corrected chi connectivity index (χ0v) is 23.9. The summed E-state index contributed by atoms with van der Waals surface area (Å²) in [5.41, 5.74) is 5.12. The third-order valence-electron chi connectivity index (χ3n) is 7.05. The second-order valence-electron chi connectivity index (χ2n) is 9.56. The number of hydrogen-bond acceptors (Lipinski definition) is 7. The fraction of sp³-hybridized carbons (Fsp3) is 0.233. The molecule has 1 atom stereocenters. The summed E-state index contributed by atoms with van der Waals surface area (Å²) in [7, 11) is 0. The molecule has 8 nitrogen and oxygen atoms in total. The molecule has 4 heterocycles. The van der Waals surface area contributed by atoms with Gasteiger partial charge in [-0.05, 0) is 81.3 Å². The predicted octanol–water partition coefficient (Wildman–Crippen LogP) is 4.59. The van der Waals surface area contributed by atoms with Gasteiger partial charge in [-0.2, -0.15) is 0 Å². The number of carbonyl (C=O) groups excluding carboxylic acids is 1. The van der Waals surface area contributed by atoms with Crippen molar-refractivity contribution >= 4 is 35.0 Å². The van der Waals surface area contributed by atoms with Crippen LogP contribution in [0.3, 0.4) is 0 Å². The molecular weight excluding hydrogens is 550 g/mol. The number of esters is 1. The molecule has 0 saturated carbocycles. The normalized spacial score (nSPS) is 16.2. The first kappa shape index (κ1) is 26.2. The van der Waals surface area contributed by atoms with E-state index in [1.807, 2.05) is 56.3 Å². The summed E-state index contributed by atoms with van der Waals surface area (Å²) in [6.45, 7) is 7.86. The predicted molar refractivity (Wildman–Crippen MR) is 153 cm³/mol. The molecule has 2 aromatic carbocycles. The summed E-state index contributed by atoms with van der Waals surface area (Å²) in [5, 5.41) is 0.649. The van der Waals surface area contributed by atoms with Crippen LogP contribution in [0.4, 0.5) is 0 Å². The molecule has 2 aliphatic heterocycles. The van der Waals surface area contributed by atoms with Crippen LogP contribution in [0.25, 0.3) is 11.8 Å². The number of carbonyl (C=O) groups is 1. The number of benzene rings is 2. The van der Waals surface area contributed by atoms with Crippen LogP contribution in [0.1, 0.15) is 42.4 Å². The van der Waals surface area contributed by atoms with Crippen molar-refractivity contribution in [3.63, 3.8) is 0 Å². The van der Waals surface area contributed by atoms with E-state index in [0.29, 0.717) is 42.7 Å². The van der Waals surface area contributed by atoms with Gasteiger partial charge in [0.25, 0.3) is 5.56 Å². The lowest BCUT2D eigenvalue weighted by atomic mass is 9.95. The lowest BCUT2D eigenvalue weighted by Crippen LogP contribution is -2.39. The van der Waals surface area contributed by atoms with Crippen molar-refractivity contribution in [1.82, 2.24) is 9.13 Å². The van der Waals surface area contributed by atoms with Crippen LogP contribution in [-0.4, -0.2) is 28.5 Å². The van der Waals surface area contributed by atoms with Crippen molar-refractivity contribution in [3.8, 4) is 17.2 Å². The van der Waals surface area contributed by atoms with E-state index in [1.165, 1.54) is 11.3 Å². The summed E-state index contributed by atoms with van der Waals surface area (Å²) >= 11 is 7.54. The SMILES string of the molecule is CCOC(=O)C1=C(C)N=c2s/c(=C/c3cc(C)n(-c4cccc(Cl)c4)c3C)c(=O)n2[C@H]1c1ccc2c(c1)OCO2. The number of thiazole rings is 1. The van der Waals surface area contributed by atoms with Crippen molar-refractivity contribution in [2.24, 2.45) is 4.99 Å². The summed E-state index contributed by atoms with van der Waals surface area (Å²) < 4.78 is 20.6. The van der Waals surface area contributed by atoms with Crippen LogP contribution in [0.2, 0.25) is 5.02 Å². The maximum Gasteiger partial charge on any atom is 0.338 e. The second-order valence-corrected chi connectivity index (χ2v) is 11.0. The quantitative estimate of drug-likeness (QED) is 0.325. The molecule has 40 heavy (non-hydrogen) atoms. The number of fused-ring (bicyclic) bond motifs is 2. The number of aromatic nitrogens is 2. The number of nitrogens with zero attached hydrogens (tertiary/aromatic N) is 3. The van der Waals surface area contributed by atoms with Gasteiger partial charge in [0.2, 0.25) is 6.79 Å². The van der Waals surface area contributed by atoms with Gasteiger partial charge < -0.3 is 18.8 Å². The topological polar surface area (TPSA) is 84.1 Å². The Balaban J connectivity index is 1.52. The molecule has 0 spiro atoms. The maximum absolute atomic E-state index is 14.0. The lowest BCUT2D eigenvalue weighted by molar-refractivity contribution is -0.139. The van der Waals surface area contributed by atoms with Crippen molar-refractivity contribution in [2.45, 2.75) is 33.7 Å². The Morgan fingerprint density at radius 1 is 1.15 bits per heavy atom. The minimum absolute atomic E-state index is 0.120. The fourth-order valence-corrected chi connectivity index (χ4v) is 6.50. The Kier molecular flexibility index (Phi) is 6.64. The minimum atomic E-state index is -0.731. The van der Waals surface area contributed by atoms with E-state index in [9.17, 15) is 9.59 Å². The van der Waals surface area contributed by atoms with Gasteiger partial charge in [-0.3, -0.25) is 9.36 Å². The standard InChI is InChI=1S/C30H26ClN3O5S/c1-5-37-29(36)26-17(3)32-30-34(27(26)19-9-10-23-24(12-19)39-15-38-23)28(35)25(40-30)13-20-11-16(2)33(18(20)4)22-8-6-7-21(31)14-22/h6-14,27H,5,15H2,1-4H3/b25-13+/t27-/m0/s1. The first-order valence-electron chi connectivity index (χ1n) is 12.8. The number of rotatable bonds is 5. The third-order valence-corrected chi connectivity index (χ3v) is 8.27. The van der Waals surface area contributed by atoms with E-state index in [-0.39, 0.29) is 19.0 Å². The maximum atomic E-state index is 14.0. The van der Waals surface area contributed by atoms with Crippen molar-refractivity contribution < 1.29 is 19.0 Å². The highest BCUT2D eigenvalue weighted by Gasteiger charge is 2.34. The van der Waals surface area contributed by atoms with Gasteiger partial charge in [0, 0.05) is 22.1 Å². The van der Waals surface area contributed by atoms with Gasteiger partial charge in [0.1, 0.15) is 0 Å². The van der Waals surface area contributed by atoms with E-state index in [0.717, 1.165) is 22.6 Å². The molecular formula is C30H26ClN3O5S. The van der Waals surface area contributed by atoms with E-state index in [2.05, 4.69) is 9.56 Å². The van der Waals surface area contributed by atoms with Gasteiger partial charge in [0.15, 0.2) is 16.3 Å². The van der Waals surface area contributed by atoms with E-state index in [4.69, 9.17) is 25.8 Å². The van der Waals surface area contributed by atoms with Crippen LogP contribution in [0.15, 0.2) is 69.6 Å². The van der Waals surface area contributed by atoms with Crippen LogP contribution in [0.5, 0.6) is 11.5 Å². The first-order chi connectivity index (χ1) is 19.3. The highest BCUT2D eigenvalue weighted by molar-refractivity contribution is 7.07. The first-order valence-corrected chi connectivity index (χ1v) is 14.0. The van der Waals surface area contributed by atoms with E-state index >= 15 is 0 Å². The molecule has 0 aliphatic carbocycles. The number of halogens is 1. The Morgan fingerprint density at radius 3 is 2.73 bits per heavy atom. The smallest absolute Gasteiger partial charge is 0.338 e. The summed E-state index contributed by atoms with van der Waals surface area (Å²) in [5.74, 6) is 0.668. The molecule has 0 bridgehead atoms. The molecule has 0 saturated heterocycles. The van der Waals surface area contributed by atoms with Gasteiger partial charge >= 0.3 is 5.97 Å². The fourth-order valence-electron chi connectivity index (χ4n) is 5.28. The second kappa shape index (κ2) is 10.1. The zero-order chi connectivity index (χ0) is 28.1. The summed E-state index contributed by atoms with van der Waals surface area (Å²) in [4.78, 5) is 32.3. The molecule has 0 N–H and O–H groups in total. The summed E-state index contributed by atoms with van der Waals surface area (Å²) in [6.07, 6.45) is 1.88. The van der Waals surface area contributed by atoms with Crippen molar-refractivity contribution in [3.05, 3.63) is 107 Å². The Labute approximate surface area is 239 Å². The van der Waals surface area contributed by atoms with Crippen LogP contribution in [-0.2, 0) is 9.53 Å². The molecule has 4 aromatic rings. The largest absolute Gasteiger partial charge is 0.463 e. The average Bonchev–Trinajstić information content (AvgIpc) is 3.59. The molecule has 2 aliphatic rings. The van der Waals surface area contributed by atoms with Crippen LogP contribution >= 0.6 is 22.9 Å². The monoisotopic (exact) mass is 575 g/mol. The highest BCUT2D eigenvalue weighted by atomic mass is 35.5. The Bertz CT molecular complexity index is 1900. The zero-order valence-electron chi connectivity index (χ0n) is 22.4. The highest BCUT2D eigenvalue weighted by Crippen LogP contribution is 2.38. The summed E-state index contributed by atoms with van der Waals surface area (Å²) in [6, 6.07) is 14.4. The lowest BCUT2D eigenvalue weighted by Gasteiger charge is -2.24. The van der Waals surface area contributed by atoms with E-state index < -0.39 is 12.0 Å². The number of hydrogen-bond donors (Lipinski definition) is 0. The number of aryl methyl sites for hydroxylation is 1. The van der Waals surface area contributed by atoms with Gasteiger partial charge in [0.05, 0.1) is 28.5 Å². The average molecular weight is 576 g/mol. The molecule has 6 rings (SSSR count). The third kappa shape index (κ3) is 4.35. The molecule has 0 fully saturated rings. The Morgan fingerprint density at radius 2 is 1.95 bits per heavy atom. The van der Waals surface area contributed by atoms with Crippen LogP contribution in [0, 0.1) is 13.8 Å². The molecule has 0 amide bonds. The van der Waals surface area contributed by atoms with Crippen molar-refractivity contribution in [1.29, 1.82) is 0 Å². The molecule has 2 aromatic heterocycles. The number of ether oxygens (including phenoxy) is 3. The Hall–Kier alpha value is -4.08. The van der Waals surface area contributed by atoms with Crippen molar-refractivity contribution in [2.75, 3.05) is 13.4 Å².